The molecule has 1 N–H and O–H groups in total. The average Bonchev–Trinajstić information content (AvgIpc) is 2.37. The Morgan fingerprint density at radius 2 is 1.95 bits per heavy atom. The minimum absolute atomic E-state index is 0.0182. The van der Waals surface area contributed by atoms with E-state index >= 15 is 0 Å². The summed E-state index contributed by atoms with van der Waals surface area (Å²) in [6, 6.07) is 4.33. The molecule has 1 rings (SSSR count). The fraction of sp³-hybridized carbons (Fsp3) is 0.533. The number of aromatic carboxylic acids is 1. The van der Waals surface area contributed by atoms with Crippen LogP contribution in [0.1, 0.15) is 49.5 Å². The molecule has 5 heteroatoms. The van der Waals surface area contributed by atoms with E-state index in [-0.39, 0.29) is 16.2 Å². The van der Waals surface area contributed by atoms with Gasteiger partial charge < -0.3 is 5.11 Å². The van der Waals surface area contributed by atoms with Crippen molar-refractivity contribution in [2.75, 3.05) is 5.75 Å². The van der Waals surface area contributed by atoms with Gasteiger partial charge in [0.25, 0.3) is 0 Å². The second-order valence-corrected chi connectivity index (χ2v) is 7.41. The zero-order chi connectivity index (χ0) is 15.3. The van der Waals surface area contributed by atoms with Gasteiger partial charge in [-0.25, -0.2) is 13.2 Å². The number of hydrogen-bond donors (Lipinski definition) is 1. The standard InChI is InChI=1S/C15H22O4S/c1-4-12-7-8-13(15(16)17)10-14(12)20(18,19)9-5-6-11(2)3/h7-8,10-11H,4-6,9H2,1-3H3,(H,16,17). The maximum Gasteiger partial charge on any atom is 0.335 e. The molecular formula is C15H22O4S. The second-order valence-electron chi connectivity index (χ2n) is 5.34. The summed E-state index contributed by atoms with van der Waals surface area (Å²) in [5.74, 6) is -0.575. The highest BCUT2D eigenvalue weighted by molar-refractivity contribution is 7.91. The van der Waals surface area contributed by atoms with Crippen molar-refractivity contribution in [1.82, 2.24) is 0 Å². The predicted molar refractivity (Wildman–Crippen MR) is 78.9 cm³/mol. The summed E-state index contributed by atoms with van der Waals surface area (Å²) in [7, 11) is -3.42. The summed E-state index contributed by atoms with van der Waals surface area (Å²) < 4.78 is 24.8. The van der Waals surface area contributed by atoms with E-state index < -0.39 is 15.8 Å². The van der Waals surface area contributed by atoms with Gasteiger partial charge in [0, 0.05) is 0 Å². The third-order valence-electron chi connectivity index (χ3n) is 3.22. The van der Waals surface area contributed by atoms with Crippen LogP contribution in [0.25, 0.3) is 0 Å². The first-order valence-electron chi connectivity index (χ1n) is 6.87. The van der Waals surface area contributed by atoms with Gasteiger partial charge in [0.2, 0.25) is 0 Å². The van der Waals surface area contributed by atoms with Crippen LogP contribution in [-0.2, 0) is 16.3 Å². The lowest BCUT2D eigenvalue weighted by atomic mass is 10.1. The van der Waals surface area contributed by atoms with Gasteiger partial charge in [-0.2, -0.15) is 0 Å². The van der Waals surface area contributed by atoms with E-state index in [0.29, 0.717) is 24.3 Å². The topological polar surface area (TPSA) is 71.4 Å². The molecule has 0 atom stereocenters. The molecule has 0 amide bonds. The van der Waals surface area contributed by atoms with Crippen molar-refractivity contribution in [3.05, 3.63) is 29.3 Å². The molecular weight excluding hydrogens is 276 g/mol. The first-order valence-corrected chi connectivity index (χ1v) is 8.52. The van der Waals surface area contributed by atoms with Crippen molar-refractivity contribution in [1.29, 1.82) is 0 Å². The van der Waals surface area contributed by atoms with E-state index in [2.05, 4.69) is 13.8 Å². The molecule has 0 aliphatic carbocycles. The first-order chi connectivity index (χ1) is 9.27. The molecule has 0 aliphatic rings. The van der Waals surface area contributed by atoms with Gasteiger partial charge in [0.1, 0.15) is 0 Å². The Morgan fingerprint density at radius 3 is 2.45 bits per heavy atom. The number of carboxylic acid groups (broad SMARTS) is 1. The van der Waals surface area contributed by atoms with Gasteiger partial charge in [-0.15, -0.1) is 0 Å². The highest BCUT2D eigenvalue weighted by Crippen LogP contribution is 2.21. The Labute approximate surface area is 120 Å². The van der Waals surface area contributed by atoms with Crippen molar-refractivity contribution in [2.24, 2.45) is 5.92 Å². The maximum atomic E-state index is 12.4. The molecule has 0 saturated carbocycles. The Balaban J connectivity index is 3.08. The number of rotatable bonds is 7. The van der Waals surface area contributed by atoms with E-state index in [4.69, 9.17) is 5.11 Å². The number of benzene rings is 1. The van der Waals surface area contributed by atoms with Crippen molar-refractivity contribution >= 4 is 15.8 Å². The van der Waals surface area contributed by atoms with E-state index in [1.165, 1.54) is 12.1 Å². The summed E-state index contributed by atoms with van der Waals surface area (Å²) >= 11 is 0. The molecule has 1 aromatic carbocycles. The molecule has 1 aromatic rings. The molecule has 0 unspecified atom stereocenters. The Hall–Kier alpha value is -1.36. The average molecular weight is 298 g/mol. The molecule has 0 aliphatic heterocycles. The quantitative estimate of drug-likeness (QED) is 0.839. The number of hydrogen-bond acceptors (Lipinski definition) is 3. The Kier molecular flexibility index (Phi) is 5.74. The van der Waals surface area contributed by atoms with Crippen LogP contribution in [0.4, 0.5) is 0 Å². The van der Waals surface area contributed by atoms with Crippen molar-refractivity contribution in [2.45, 2.75) is 44.9 Å². The van der Waals surface area contributed by atoms with Crippen LogP contribution in [0.3, 0.4) is 0 Å². The molecule has 0 heterocycles. The monoisotopic (exact) mass is 298 g/mol. The van der Waals surface area contributed by atoms with E-state index in [1.54, 1.807) is 6.07 Å². The zero-order valence-corrected chi connectivity index (χ0v) is 13.0. The number of carbonyl (C=O) groups is 1. The molecule has 0 fully saturated rings. The lowest BCUT2D eigenvalue weighted by Crippen LogP contribution is -2.12. The van der Waals surface area contributed by atoms with Crippen LogP contribution in [0, 0.1) is 5.92 Å². The van der Waals surface area contributed by atoms with E-state index in [9.17, 15) is 13.2 Å². The fourth-order valence-corrected chi connectivity index (χ4v) is 3.75. The summed E-state index contributed by atoms with van der Waals surface area (Å²) in [5.41, 5.74) is 0.698. The SMILES string of the molecule is CCc1ccc(C(=O)O)cc1S(=O)(=O)CCCC(C)C. The zero-order valence-electron chi connectivity index (χ0n) is 12.2. The summed E-state index contributed by atoms with van der Waals surface area (Å²) in [6.45, 7) is 5.97. The van der Waals surface area contributed by atoms with Crippen LogP contribution in [0.15, 0.2) is 23.1 Å². The van der Waals surface area contributed by atoms with Crippen LogP contribution in [0.2, 0.25) is 0 Å². The molecule has 0 radical (unpaired) electrons. The molecule has 4 nitrogen and oxygen atoms in total. The maximum absolute atomic E-state index is 12.4. The van der Waals surface area contributed by atoms with Gasteiger partial charge in [0.05, 0.1) is 16.2 Å². The molecule has 112 valence electrons. The summed E-state index contributed by atoms with van der Waals surface area (Å²) in [5, 5.41) is 8.99. The Bertz CT molecular complexity index is 574. The van der Waals surface area contributed by atoms with E-state index in [0.717, 1.165) is 6.42 Å². The van der Waals surface area contributed by atoms with Gasteiger partial charge in [-0.1, -0.05) is 26.8 Å². The van der Waals surface area contributed by atoms with Gasteiger partial charge in [-0.3, -0.25) is 0 Å². The molecule has 20 heavy (non-hydrogen) atoms. The molecule has 0 bridgehead atoms. The minimum atomic E-state index is -3.42. The third-order valence-corrected chi connectivity index (χ3v) is 5.10. The highest BCUT2D eigenvalue weighted by atomic mass is 32.2. The Morgan fingerprint density at radius 1 is 1.30 bits per heavy atom. The molecule has 0 spiro atoms. The smallest absolute Gasteiger partial charge is 0.335 e. The predicted octanol–water partition coefficient (Wildman–Crippen LogP) is 3.16. The van der Waals surface area contributed by atoms with Crippen molar-refractivity contribution < 1.29 is 18.3 Å². The molecule has 0 saturated heterocycles. The van der Waals surface area contributed by atoms with Gasteiger partial charge in [0.15, 0.2) is 9.84 Å². The van der Waals surface area contributed by atoms with Crippen LogP contribution >= 0.6 is 0 Å². The molecule has 0 aromatic heterocycles. The normalized spacial score (nSPS) is 11.8. The lowest BCUT2D eigenvalue weighted by Gasteiger charge is -2.11. The third kappa shape index (κ3) is 4.34. The van der Waals surface area contributed by atoms with Gasteiger partial charge >= 0.3 is 5.97 Å². The number of aryl methyl sites for hydroxylation is 1. The minimum Gasteiger partial charge on any atom is -0.478 e. The number of carboxylic acids is 1. The van der Waals surface area contributed by atoms with Gasteiger partial charge in [-0.05, 0) is 42.9 Å². The first kappa shape index (κ1) is 16.7. The number of sulfone groups is 1. The van der Waals surface area contributed by atoms with Crippen molar-refractivity contribution in [3.8, 4) is 0 Å². The summed E-state index contributed by atoms with van der Waals surface area (Å²) in [4.78, 5) is 11.2. The summed E-state index contributed by atoms with van der Waals surface area (Å²) in [6.07, 6.45) is 2.01. The lowest BCUT2D eigenvalue weighted by molar-refractivity contribution is 0.0696. The van der Waals surface area contributed by atoms with E-state index in [1.807, 2.05) is 6.92 Å². The fourth-order valence-electron chi connectivity index (χ4n) is 2.06. The second kappa shape index (κ2) is 6.88. The van der Waals surface area contributed by atoms with Crippen LogP contribution < -0.4 is 0 Å². The highest BCUT2D eigenvalue weighted by Gasteiger charge is 2.20. The largest absolute Gasteiger partial charge is 0.478 e. The van der Waals surface area contributed by atoms with Crippen molar-refractivity contribution in [3.63, 3.8) is 0 Å². The van der Waals surface area contributed by atoms with Crippen LogP contribution in [0.5, 0.6) is 0 Å². The van der Waals surface area contributed by atoms with Crippen LogP contribution in [-0.4, -0.2) is 25.2 Å².